The number of nitrogens with zero attached hydrogens (tertiary/aromatic N) is 4. The van der Waals surface area contributed by atoms with Crippen LogP contribution < -0.4 is 5.01 Å². The Hall–Kier alpha value is -1.87. The second-order valence-electron chi connectivity index (χ2n) is 4.81. The molecule has 0 spiro atoms. The predicted octanol–water partition coefficient (Wildman–Crippen LogP) is 3.93. The Bertz CT molecular complexity index is 798. The monoisotopic (exact) mass is 354 g/mol. The quantitative estimate of drug-likeness (QED) is 0.816. The average Bonchev–Trinajstić information content (AvgIpc) is 3.16. The molecule has 2 aliphatic heterocycles. The first-order chi connectivity index (χ1) is 11.0. The van der Waals surface area contributed by atoms with Crippen molar-refractivity contribution >= 4 is 29.6 Å². The van der Waals surface area contributed by atoms with Gasteiger partial charge in [0.1, 0.15) is 10.4 Å². The summed E-state index contributed by atoms with van der Waals surface area (Å²) in [5, 5.41) is 11.0. The normalized spacial score (nSPS) is 20.0. The van der Waals surface area contributed by atoms with Crippen LogP contribution in [0.5, 0.6) is 0 Å². The molecule has 4 rings (SSSR count). The number of benzene rings is 1. The lowest BCUT2D eigenvalue weighted by Crippen LogP contribution is -2.36. The van der Waals surface area contributed by atoms with E-state index in [2.05, 4.69) is 10.2 Å². The van der Waals surface area contributed by atoms with Gasteiger partial charge in [0.25, 0.3) is 5.82 Å². The zero-order valence-corrected chi connectivity index (χ0v) is 13.1. The fourth-order valence-corrected chi connectivity index (χ4v) is 4.43. The van der Waals surface area contributed by atoms with Crippen LogP contribution in [0.25, 0.3) is 6.08 Å². The highest BCUT2D eigenvalue weighted by molar-refractivity contribution is 8.07. The van der Waals surface area contributed by atoms with E-state index in [4.69, 9.17) is 0 Å². The molecule has 4 nitrogen and oxygen atoms in total. The molecule has 1 aromatic carbocycles. The van der Waals surface area contributed by atoms with Crippen molar-refractivity contribution in [2.24, 2.45) is 0 Å². The Labute approximate surface area is 138 Å². The number of hydrogen-bond acceptors (Lipinski definition) is 5. The summed E-state index contributed by atoms with van der Waals surface area (Å²) in [6.45, 7) is 0. The maximum Gasteiger partial charge on any atom is 0.453 e. The molecule has 1 atom stereocenters. The van der Waals surface area contributed by atoms with Crippen molar-refractivity contribution in [2.75, 3.05) is 5.01 Å². The third kappa shape index (κ3) is 2.53. The molecule has 2 aromatic rings. The Kier molecular flexibility index (Phi) is 3.42. The zero-order valence-electron chi connectivity index (χ0n) is 11.4. The molecule has 0 bridgehead atoms. The highest BCUT2D eigenvalue weighted by atomic mass is 32.2. The lowest BCUT2D eigenvalue weighted by atomic mass is 10.2. The number of halogens is 3. The largest absolute Gasteiger partial charge is 0.453 e. The van der Waals surface area contributed by atoms with Gasteiger partial charge in [0.05, 0.1) is 0 Å². The van der Waals surface area contributed by atoms with E-state index in [1.54, 1.807) is 5.01 Å². The minimum atomic E-state index is -4.54. The van der Waals surface area contributed by atoms with Gasteiger partial charge in [-0.2, -0.15) is 13.2 Å². The van der Waals surface area contributed by atoms with Crippen LogP contribution in [-0.2, 0) is 6.18 Å². The van der Waals surface area contributed by atoms with E-state index in [9.17, 15) is 13.2 Å². The molecule has 23 heavy (non-hydrogen) atoms. The number of fused-ring (bicyclic) bond motifs is 3. The molecular weight excluding hydrogens is 345 g/mol. The van der Waals surface area contributed by atoms with Crippen LogP contribution in [-0.4, -0.2) is 20.2 Å². The molecule has 1 unspecified atom stereocenters. The van der Waals surface area contributed by atoms with Crippen molar-refractivity contribution in [3.05, 3.63) is 58.2 Å². The average molecular weight is 354 g/mol. The summed E-state index contributed by atoms with van der Waals surface area (Å²) < 4.78 is 40.4. The van der Waals surface area contributed by atoms with Crippen LogP contribution >= 0.6 is 23.5 Å². The highest BCUT2D eigenvalue weighted by Gasteiger charge is 2.46. The molecule has 9 heteroatoms. The standard InChI is InChI=1S/C14H9F3N4S2/c15-14(16,17)12-18-19-13-21(12)20-10(22-8-11(20)23-13)7-6-9-4-2-1-3-5-9/h1-8,10H/b7-6+. The minimum Gasteiger partial charge on any atom is -0.253 e. The summed E-state index contributed by atoms with van der Waals surface area (Å²) in [5.41, 5.74) is 0.994. The summed E-state index contributed by atoms with van der Waals surface area (Å²) >= 11 is 2.64. The molecule has 0 aliphatic carbocycles. The van der Waals surface area contributed by atoms with Gasteiger partial charge in [0.2, 0.25) is 5.16 Å². The molecule has 0 fully saturated rings. The van der Waals surface area contributed by atoms with Gasteiger partial charge in [-0.3, -0.25) is 5.01 Å². The van der Waals surface area contributed by atoms with Crippen LogP contribution in [0, 0.1) is 0 Å². The third-order valence-electron chi connectivity index (χ3n) is 3.30. The maximum atomic E-state index is 13.1. The molecule has 0 saturated carbocycles. The zero-order chi connectivity index (χ0) is 16.0. The number of aromatic nitrogens is 3. The lowest BCUT2D eigenvalue weighted by molar-refractivity contribution is -0.147. The number of hydrogen-bond donors (Lipinski definition) is 0. The van der Waals surface area contributed by atoms with Crippen molar-refractivity contribution < 1.29 is 13.2 Å². The molecule has 118 valence electrons. The fraction of sp³-hybridized carbons (Fsp3) is 0.143. The Morgan fingerprint density at radius 1 is 1.13 bits per heavy atom. The van der Waals surface area contributed by atoms with E-state index in [0.29, 0.717) is 0 Å². The fourth-order valence-electron chi connectivity index (χ4n) is 2.33. The van der Waals surface area contributed by atoms with Crippen molar-refractivity contribution in [2.45, 2.75) is 16.7 Å². The molecule has 0 amide bonds. The summed E-state index contributed by atoms with van der Waals surface area (Å²) in [6, 6.07) is 9.62. The summed E-state index contributed by atoms with van der Waals surface area (Å²) in [6.07, 6.45) is -0.768. The van der Waals surface area contributed by atoms with Crippen molar-refractivity contribution in [1.29, 1.82) is 0 Å². The van der Waals surface area contributed by atoms with Crippen LogP contribution in [0.1, 0.15) is 11.4 Å². The summed E-state index contributed by atoms with van der Waals surface area (Å²) in [5.74, 6) is -0.996. The van der Waals surface area contributed by atoms with Crippen molar-refractivity contribution in [3.63, 3.8) is 0 Å². The number of alkyl halides is 3. The first kappa shape index (κ1) is 14.7. The van der Waals surface area contributed by atoms with Crippen molar-refractivity contribution in [1.82, 2.24) is 14.9 Å². The second kappa shape index (κ2) is 5.34. The van der Waals surface area contributed by atoms with Gasteiger partial charge in [0, 0.05) is 5.41 Å². The van der Waals surface area contributed by atoms with E-state index in [0.717, 1.165) is 15.3 Å². The van der Waals surface area contributed by atoms with E-state index >= 15 is 0 Å². The highest BCUT2D eigenvalue weighted by Crippen LogP contribution is 2.47. The van der Waals surface area contributed by atoms with Crippen molar-refractivity contribution in [3.8, 4) is 0 Å². The minimum absolute atomic E-state index is 0.238. The van der Waals surface area contributed by atoms with Crippen LogP contribution in [0.3, 0.4) is 0 Å². The maximum absolute atomic E-state index is 13.1. The van der Waals surface area contributed by atoms with Gasteiger partial charge in [-0.15, -0.1) is 10.2 Å². The SMILES string of the molecule is FC(F)(F)c1nnc2n1N1C(=CSC1/C=C/c1ccccc1)S2. The van der Waals surface area contributed by atoms with Crippen LogP contribution in [0.15, 0.2) is 52.0 Å². The van der Waals surface area contributed by atoms with Crippen LogP contribution in [0.4, 0.5) is 13.2 Å². The smallest absolute Gasteiger partial charge is 0.253 e. The number of rotatable bonds is 2. The first-order valence-corrected chi connectivity index (χ1v) is 8.39. The first-order valence-electron chi connectivity index (χ1n) is 6.63. The third-order valence-corrected chi connectivity index (χ3v) is 5.40. The molecule has 1 aromatic heterocycles. The summed E-state index contributed by atoms with van der Waals surface area (Å²) in [7, 11) is 0. The second-order valence-corrected chi connectivity index (χ2v) is 6.79. The molecule has 0 N–H and O–H groups in total. The molecule has 2 aliphatic rings. The van der Waals surface area contributed by atoms with Gasteiger partial charge in [-0.25, -0.2) is 4.68 Å². The molecular formula is C14H9F3N4S2. The predicted molar refractivity (Wildman–Crippen MR) is 84.0 cm³/mol. The number of thioether (sulfide) groups is 2. The van der Waals surface area contributed by atoms with Gasteiger partial charge in [0.15, 0.2) is 0 Å². The van der Waals surface area contributed by atoms with E-state index < -0.39 is 12.0 Å². The van der Waals surface area contributed by atoms with Gasteiger partial charge >= 0.3 is 6.18 Å². The van der Waals surface area contributed by atoms with Gasteiger partial charge in [-0.05, 0) is 23.4 Å². The topological polar surface area (TPSA) is 34.0 Å². The van der Waals surface area contributed by atoms with E-state index in [1.165, 1.54) is 23.5 Å². The lowest BCUT2D eigenvalue weighted by Gasteiger charge is -2.23. The van der Waals surface area contributed by atoms with Crippen LogP contribution in [0.2, 0.25) is 0 Å². The van der Waals surface area contributed by atoms with Gasteiger partial charge < -0.3 is 0 Å². The Morgan fingerprint density at radius 2 is 1.91 bits per heavy atom. The summed E-state index contributed by atoms with van der Waals surface area (Å²) in [4.78, 5) is 0. The van der Waals surface area contributed by atoms with E-state index in [1.807, 2.05) is 47.9 Å². The van der Waals surface area contributed by atoms with Gasteiger partial charge in [-0.1, -0.05) is 48.2 Å². The Morgan fingerprint density at radius 3 is 2.65 bits per heavy atom. The Balaban J connectivity index is 1.66. The molecule has 0 saturated heterocycles. The van der Waals surface area contributed by atoms with E-state index in [-0.39, 0.29) is 10.5 Å². The molecule has 0 radical (unpaired) electrons. The molecule has 3 heterocycles.